The predicted molar refractivity (Wildman–Crippen MR) is 64.9 cm³/mol. The molecule has 1 aromatic rings. The number of hydrogen-bond donors (Lipinski definition) is 0. The second kappa shape index (κ2) is 5.45. The van der Waals surface area contributed by atoms with Gasteiger partial charge in [0.1, 0.15) is 5.78 Å². The molecule has 2 rings (SSSR count). The van der Waals surface area contributed by atoms with E-state index in [0.29, 0.717) is 24.5 Å². The van der Waals surface area contributed by atoms with Crippen LogP contribution in [0.4, 0.5) is 0 Å². The second-order valence-electron chi connectivity index (χ2n) is 4.74. The van der Waals surface area contributed by atoms with Crippen LogP contribution >= 0.6 is 0 Å². The third-order valence-corrected chi connectivity index (χ3v) is 3.20. The van der Waals surface area contributed by atoms with Crippen molar-refractivity contribution < 1.29 is 9.53 Å². The topological polar surface area (TPSA) is 44.1 Å². The minimum atomic E-state index is 0.301. The fourth-order valence-corrected chi connectivity index (χ4v) is 2.36. The van der Waals surface area contributed by atoms with Gasteiger partial charge in [-0.3, -0.25) is 9.48 Å². The first kappa shape index (κ1) is 12.3. The fraction of sp³-hybridized carbons (Fsp3) is 0.692. The summed E-state index contributed by atoms with van der Waals surface area (Å²) in [4.78, 5) is 11.9. The summed E-state index contributed by atoms with van der Waals surface area (Å²) in [5, 5.41) is 4.35. The molecule has 94 valence electrons. The molecule has 0 bridgehead atoms. The SMILES string of the molecule is CCn1nc(C)cc1CC(=O)CC1CCOC1. The highest BCUT2D eigenvalue weighted by atomic mass is 16.5. The molecule has 0 amide bonds. The molecule has 1 aliphatic heterocycles. The van der Waals surface area contributed by atoms with Crippen LogP contribution < -0.4 is 0 Å². The van der Waals surface area contributed by atoms with E-state index in [2.05, 4.69) is 5.10 Å². The molecule has 1 aromatic heterocycles. The normalized spacial score (nSPS) is 19.8. The highest BCUT2D eigenvalue weighted by Crippen LogP contribution is 2.18. The molecule has 1 atom stereocenters. The molecule has 1 saturated heterocycles. The molecule has 2 heterocycles. The van der Waals surface area contributed by atoms with E-state index in [0.717, 1.165) is 37.6 Å². The van der Waals surface area contributed by atoms with E-state index < -0.39 is 0 Å². The number of hydrogen-bond acceptors (Lipinski definition) is 3. The van der Waals surface area contributed by atoms with Gasteiger partial charge in [0.15, 0.2) is 0 Å². The summed E-state index contributed by atoms with van der Waals surface area (Å²) in [6, 6.07) is 2.01. The average molecular weight is 236 g/mol. The van der Waals surface area contributed by atoms with E-state index in [-0.39, 0.29) is 0 Å². The van der Waals surface area contributed by atoms with Crippen molar-refractivity contribution in [1.82, 2.24) is 9.78 Å². The lowest BCUT2D eigenvalue weighted by Gasteiger charge is -2.07. The third-order valence-electron chi connectivity index (χ3n) is 3.20. The van der Waals surface area contributed by atoms with Crippen LogP contribution in [-0.2, 0) is 22.5 Å². The van der Waals surface area contributed by atoms with Crippen molar-refractivity contribution in [2.45, 2.75) is 39.7 Å². The lowest BCUT2D eigenvalue weighted by molar-refractivity contribution is -0.119. The first-order valence-corrected chi connectivity index (χ1v) is 6.31. The Morgan fingerprint density at radius 3 is 3.12 bits per heavy atom. The predicted octanol–water partition coefficient (Wildman–Crippen LogP) is 1.75. The van der Waals surface area contributed by atoms with E-state index in [9.17, 15) is 4.79 Å². The van der Waals surface area contributed by atoms with Gasteiger partial charge in [-0.15, -0.1) is 0 Å². The monoisotopic (exact) mass is 236 g/mol. The molecule has 4 heteroatoms. The highest BCUT2D eigenvalue weighted by molar-refractivity contribution is 5.80. The maximum absolute atomic E-state index is 11.9. The van der Waals surface area contributed by atoms with Gasteiger partial charge < -0.3 is 4.74 Å². The molecule has 0 spiro atoms. The Morgan fingerprint density at radius 1 is 1.65 bits per heavy atom. The van der Waals surface area contributed by atoms with Gasteiger partial charge in [-0.2, -0.15) is 5.10 Å². The molecular weight excluding hydrogens is 216 g/mol. The Kier molecular flexibility index (Phi) is 3.94. The van der Waals surface area contributed by atoms with Crippen molar-refractivity contribution >= 4 is 5.78 Å². The van der Waals surface area contributed by atoms with Gasteiger partial charge in [0.25, 0.3) is 0 Å². The number of carbonyl (C=O) groups excluding carboxylic acids is 1. The van der Waals surface area contributed by atoms with Gasteiger partial charge in [0.05, 0.1) is 5.69 Å². The number of aromatic nitrogens is 2. The Labute approximate surface area is 102 Å². The number of Topliss-reactive ketones (excluding diaryl/α,β-unsaturated/α-hetero) is 1. The highest BCUT2D eigenvalue weighted by Gasteiger charge is 2.20. The summed E-state index contributed by atoms with van der Waals surface area (Å²) in [6.45, 7) is 6.39. The molecule has 0 aromatic carbocycles. The van der Waals surface area contributed by atoms with Crippen molar-refractivity contribution in [3.05, 3.63) is 17.5 Å². The van der Waals surface area contributed by atoms with E-state index in [1.807, 2.05) is 24.6 Å². The summed E-state index contributed by atoms with van der Waals surface area (Å²) in [6.07, 6.45) is 2.18. The van der Waals surface area contributed by atoms with Crippen molar-refractivity contribution in [1.29, 1.82) is 0 Å². The zero-order valence-corrected chi connectivity index (χ0v) is 10.6. The molecule has 0 aliphatic carbocycles. The van der Waals surface area contributed by atoms with E-state index in [1.165, 1.54) is 0 Å². The first-order valence-electron chi connectivity index (χ1n) is 6.31. The lowest BCUT2D eigenvalue weighted by atomic mass is 9.99. The average Bonchev–Trinajstić information content (AvgIpc) is 2.88. The van der Waals surface area contributed by atoms with Crippen LogP contribution in [0.25, 0.3) is 0 Å². The summed E-state index contributed by atoms with van der Waals surface area (Å²) in [7, 11) is 0. The molecule has 1 unspecified atom stereocenters. The zero-order valence-electron chi connectivity index (χ0n) is 10.6. The smallest absolute Gasteiger partial charge is 0.139 e. The molecule has 17 heavy (non-hydrogen) atoms. The third kappa shape index (κ3) is 3.16. The van der Waals surface area contributed by atoms with Crippen LogP contribution in [0.5, 0.6) is 0 Å². The number of nitrogens with zero attached hydrogens (tertiary/aromatic N) is 2. The van der Waals surface area contributed by atoms with Crippen molar-refractivity contribution in [2.24, 2.45) is 5.92 Å². The largest absolute Gasteiger partial charge is 0.381 e. The molecule has 1 aliphatic rings. The Morgan fingerprint density at radius 2 is 2.47 bits per heavy atom. The van der Waals surface area contributed by atoms with Gasteiger partial charge >= 0.3 is 0 Å². The molecule has 0 radical (unpaired) electrons. The van der Waals surface area contributed by atoms with Gasteiger partial charge in [-0.05, 0) is 32.3 Å². The van der Waals surface area contributed by atoms with E-state index in [4.69, 9.17) is 4.74 Å². The number of carbonyl (C=O) groups is 1. The Bertz CT molecular complexity index is 392. The number of ketones is 1. The van der Waals surface area contributed by atoms with Gasteiger partial charge in [0, 0.05) is 38.3 Å². The van der Waals surface area contributed by atoms with E-state index >= 15 is 0 Å². The van der Waals surface area contributed by atoms with E-state index in [1.54, 1.807) is 0 Å². The quantitative estimate of drug-likeness (QED) is 0.782. The molecule has 4 nitrogen and oxygen atoms in total. The number of aryl methyl sites for hydroxylation is 2. The van der Waals surface area contributed by atoms with Crippen LogP contribution in [0.3, 0.4) is 0 Å². The summed E-state index contributed by atoms with van der Waals surface area (Å²) in [5.41, 5.74) is 2.02. The summed E-state index contributed by atoms with van der Waals surface area (Å²) >= 11 is 0. The molecular formula is C13H20N2O2. The van der Waals surface area contributed by atoms with Gasteiger partial charge in [-0.1, -0.05) is 0 Å². The van der Waals surface area contributed by atoms with Crippen LogP contribution in [0.15, 0.2) is 6.07 Å². The van der Waals surface area contributed by atoms with Crippen LogP contribution in [0.2, 0.25) is 0 Å². The second-order valence-corrected chi connectivity index (χ2v) is 4.74. The minimum absolute atomic E-state index is 0.301. The van der Waals surface area contributed by atoms with Crippen LogP contribution in [0, 0.1) is 12.8 Å². The summed E-state index contributed by atoms with van der Waals surface area (Å²) < 4.78 is 7.20. The number of rotatable bonds is 5. The summed E-state index contributed by atoms with van der Waals surface area (Å²) in [5.74, 6) is 0.733. The van der Waals surface area contributed by atoms with Crippen LogP contribution in [-0.4, -0.2) is 28.8 Å². The standard InChI is InChI=1S/C13H20N2O2/c1-3-15-12(6-10(2)14-15)8-13(16)7-11-4-5-17-9-11/h6,11H,3-5,7-9H2,1-2H3. The zero-order chi connectivity index (χ0) is 12.3. The Balaban J connectivity index is 1.92. The van der Waals surface area contributed by atoms with Gasteiger partial charge in [0.2, 0.25) is 0 Å². The Hall–Kier alpha value is -1.16. The molecule has 0 saturated carbocycles. The van der Waals surface area contributed by atoms with Crippen molar-refractivity contribution in [3.8, 4) is 0 Å². The fourth-order valence-electron chi connectivity index (χ4n) is 2.36. The molecule has 0 N–H and O–H groups in total. The maximum Gasteiger partial charge on any atom is 0.139 e. The molecule has 1 fully saturated rings. The minimum Gasteiger partial charge on any atom is -0.381 e. The van der Waals surface area contributed by atoms with Crippen molar-refractivity contribution in [3.63, 3.8) is 0 Å². The first-order chi connectivity index (χ1) is 8.19. The van der Waals surface area contributed by atoms with Gasteiger partial charge in [-0.25, -0.2) is 0 Å². The lowest BCUT2D eigenvalue weighted by Crippen LogP contribution is -2.13. The number of ether oxygens (including phenoxy) is 1. The maximum atomic E-state index is 11.9. The van der Waals surface area contributed by atoms with Crippen LogP contribution in [0.1, 0.15) is 31.2 Å². The van der Waals surface area contributed by atoms with Crippen molar-refractivity contribution in [2.75, 3.05) is 13.2 Å².